The van der Waals surface area contributed by atoms with Crippen LogP contribution in [-0.4, -0.2) is 41.2 Å². The predicted octanol–water partition coefficient (Wildman–Crippen LogP) is 7.21. The number of halogens is 6. The number of benzene rings is 2. The molecular formula is C29H28F6N4OS. The summed E-state index contributed by atoms with van der Waals surface area (Å²) in [6, 6.07) is 8.15. The largest absolute Gasteiger partial charge is 0.497 e. The van der Waals surface area contributed by atoms with Gasteiger partial charge in [-0.15, -0.1) is 6.58 Å². The van der Waals surface area contributed by atoms with Crippen molar-refractivity contribution in [2.45, 2.75) is 37.3 Å². The summed E-state index contributed by atoms with van der Waals surface area (Å²) in [5.41, 5.74) is -1.71. The minimum Gasteiger partial charge on any atom is -0.497 e. The Bertz CT molecular complexity index is 1430. The Labute approximate surface area is 238 Å². The summed E-state index contributed by atoms with van der Waals surface area (Å²) in [6.07, 6.45) is -4.48. The molecule has 3 fully saturated rings. The zero-order valence-corrected chi connectivity index (χ0v) is 22.8. The zero-order valence-electron chi connectivity index (χ0n) is 22.0. The van der Waals surface area contributed by atoms with Crippen LogP contribution in [0.25, 0.3) is 10.9 Å². The summed E-state index contributed by atoms with van der Waals surface area (Å²) in [6.45, 7) is 5.63. The molecule has 1 aromatic heterocycles. The summed E-state index contributed by atoms with van der Waals surface area (Å²) in [4.78, 5) is 6.80. The fourth-order valence-corrected chi connectivity index (χ4v) is 6.23. The molecule has 3 saturated heterocycles. The van der Waals surface area contributed by atoms with Gasteiger partial charge in [-0.3, -0.25) is 9.88 Å². The quantitative estimate of drug-likeness (QED) is 0.179. The zero-order chi connectivity index (χ0) is 29.5. The highest BCUT2D eigenvalue weighted by atomic mass is 32.1. The fraction of sp³-hybridized carbons (Fsp3) is 0.379. The van der Waals surface area contributed by atoms with E-state index in [0.717, 1.165) is 36.9 Å². The molecule has 0 radical (unpaired) electrons. The van der Waals surface area contributed by atoms with Crippen molar-refractivity contribution in [2.75, 3.05) is 25.5 Å². The lowest BCUT2D eigenvalue weighted by Gasteiger charge is -2.52. The van der Waals surface area contributed by atoms with Gasteiger partial charge in [-0.1, -0.05) is 6.08 Å². The third-order valence-electron chi connectivity index (χ3n) is 7.99. The second-order valence-corrected chi connectivity index (χ2v) is 10.8. The molecule has 3 aliphatic heterocycles. The number of ether oxygens (including phenoxy) is 1. The second-order valence-electron chi connectivity index (χ2n) is 10.4. The number of hydrogen-bond acceptors (Lipinski definition) is 4. The van der Waals surface area contributed by atoms with Crippen molar-refractivity contribution < 1.29 is 31.1 Å². The van der Waals surface area contributed by atoms with Gasteiger partial charge in [0.25, 0.3) is 0 Å². The van der Waals surface area contributed by atoms with Crippen molar-refractivity contribution in [1.29, 1.82) is 0 Å². The number of anilines is 1. The van der Waals surface area contributed by atoms with E-state index in [1.54, 1.807) is 19.4 Å². The average Bonchev–Trinajstić information content (AvgIpc) is 2.94. The SMILES string of the molecule is C=C[C@H]1CN2CCC1C[C@@H]2[C@@H](NC(=S)Nc1cc(C(F)(F)F)cc(C(F)(F)F)c1)c1ccnc2ccc(OC)cc12. The van der Waals surface area contributed by atoms with Crippen molar-refractivity contribution in [1.82, 2.24) is 15.2 Å². The van der Waals surface area contributed by atoms with E-state index in [2.05, 4.69) is 27.1 Å². The third kappa shape index (κ3) is 6.13. The molecule has 0 spiro atoms. The van der Waals surface area contributed by atoms with Gasteiger partial charge >= 0.3 is 12.4 Å². The van der Waals surface area contributed by atoms with Crippen LogP contribution in [0, 0.1) is 11.8 Å². The maximum absolute atomic E-state index is 13.4. The first-order chi connectivity index (χ1) is 19.4. The van der Waals surface area contributed by atoms with Crippen molar-refractivity contribution >= 4 is 33.9 Å². The van der Waals surface area contributed by atoms with E-state index in [0.29, 0.717) is 35.2 Å². The molecule has 2 unspecified atom stereocenters. The van der Waals surface area contributed by atoms with Gasteiger partial charge in [0.15, 0.2) is 5.11 Å². The Morgan fingerprint density at radius 2 is 1.80 bits per heavy atom. The monoisotopic (exact) mass is 594 g/mol. The molecule has 2 aromatic carbocycles. The lowest BCUT2D eigenvalue weighted by atomic mass is 9.73. The van der Waals surface area contributed by atoms with E-state index in [9.17, 15) is 26.3 Å². The Kier molecular flexibility index (Phi) is 7.90. The number of nitrogens with one attached hydrogen (secondary N) is 2. The molecule has 2 bridgehead atoms. The third-order valence-corrected chi connectivity index (χ3v) is 8.21. The van der Waals surface area contributed by atoms with Gasteiger partial charge in [0.05, 0.1) is 29.8 Å². The molecule has 0 saturated carbocycles. The Morgan fingerprint density at radius 3 is 2.39 bits per heavy atom. The second kappa shape index (κ2) is 11.1. The summed E-state index contributed by atoms with van der Waals surface area (Å²) in [7, 11) is 1.55. The Hall–Kier alpha value is -3.38. The molecule has 3 aromatic rings. The van der Waals surface area contributed by atoms with Crippen LogP contribution >= 0.6 is 12.2 Å². The van der Waals surface area contributed by atoms with Crippen LogP contribution < -0.4 is 15.4 Å². The van der Waals surface area contributed by atoms with Crippen molar-refractivity contribution in [3.63, 3.8) is 0 Å². The number of alkyl halides is 6. The van der Waals surface area contributed by atoms with Gasteiger partial charge in [0.1, 0.15) is 5.75 Å². The van der Waals surface area contributed by atoms with Crippen LogP contribution in [0.5, 0.6) is 5.75 Å². The Morgan fingerprint density at radius 1 is 1.10 bits per heavy atom. The van der Waals surface area contributed by atoms with Crippen LogP contribution in [0.1, 0.15) is 35.6 Å². The number of rotatable bonds is 6. The lowest BCUT2D eigenvalue weighted by Crippen LogP contribution is -2.57. The van der Waals surface area contributed by atoms with Crippen LogP contribution in [0.3, 0.4) is 0 Å². The van der Waals surface area contributed by atoms with Gasteiger partial charge in [-0.25, -0.2) is 0 Å². The Balaban J connectivity index is 1.51. The average molecular weight is 595 g/mol. The van der Waals surface area contributed by atoms with E-state index < -0.39 is 35.2 Å². The molecule has 12 heteroatoms. The number of hydrogen-bond donors (Lipinski definition) is 2. The first-order valence-electron chi connectivity index (χ1n) is 13.0. The van der Waals surface area contributed by atoms with Gasteiger partial charge in [0.2, 0.25) is 0 Å². The molecule has 5 nitrogen and oxygen atoms in total. The topological polar surface area (TPSA) is 49.4 Å². The lowest BCUT2D eigenvalue weighted by molar-refractivity contribution is -0.143. The highest BCUT2D eigenvalue weighted by molar-refractivity contribution is 7.80. The van der Waals surface area contributed by atoms with E-state index in [1.165, 1.54) is 0 Å². The number of methoxy groups -OCH3 is 1. The molecule has 218 valence electrons. The maximum atomic E-state index is 13.4. The van der Waals surface area contributed by atoms with Crippen LogP contribution in [0.15, 0.2) is 61.3 Å². The summed E-state index contributed by atoms with van der Waals surface area (Å²) in [5, 5.41) is 6.52. The van der Waals surface area contributed by atoms with Gasteiger partial charge < -0.3 is 15.4 Å². The first kappa shape index (κ1) is 29.1. The van der Waals surface area contributed by atoms with E-state index in [4.69, 9.17) is 17.0 Å². The summed E-state index contributed by atoms with van der Waals surface area (Å²) in [5.74, 6) is 1.35. The van der Waals surface area contributed by atoms with Gasteiger partial charge in [0, 0.05) is 29.9 Å². The molecule has 0 amide bonds. The standard InChI is InChI=1S/C29H28F6N4OS/c1-3-16-15-39-9-7-17(16)10-25(39)26(22-6-8-36-24-5-4-21(40-2)14-23(22)24)38-27(41)37-20-12-18(28(30,31)32)11-19(13-20)29(33,34)35/h3-6,8,11-14,16-17,25-26H,1,7,9-10,15H2,2H3,(H2,37,38,41)/t16-,17?,25+,26-/m0/s1. The molecule has 2 N–H and O–H groups in total. The first-order valence-corrected chi connectivity index (χ1v) is 13.4. The maximum Gasteiger partial charge on any atom is 0.416 e. The molecule has 41 heavy (non-hydrogen) atoms. The predicted molar refractivity (Wildman–Crippen MR) is 149 cm³/mol. The highest BCUT2D eigenvalue weighted by Crippen LogP contribution is 2.43. The van der Waals surface area contributed by atoms with Gasteiger partial charge in [-0.05, 0) is 91.5 Å². The van der Waals surface area contributed by atoms with Crippen LogP contribution in [0.4, 0.5) is 32.0 Å². The number of piperidine rings is 3. The van der Waals surface area contributed by atoms with E-state index >= 15 is 0 Å². The number of thiocarbonyl (C=S) groups is 1. The minimum absolute atomic E-state index is 0.0475. The molecular weight excluding hydrogens is 566 g/mol. The molecule has 4 heterocycles. The van der Waals surface area contributed by atoms with Crippen LogP contribution in [0.2, 0.25) is 0 Å². The number of nitrogens with zero attached hydrogens (tertiary/aromatic N) is 2. The fourth-order valence-electron chi connectivity index (χ4n) is 5.99. The van der Waals surface area contributed by atoms with Crippen molar-refractivity contribution in [2.24, 2.45) is 11.8 Å². The van der Waals surface area contributed by atoms with E-state index in [-0.39, 0.29) is 17.2 Å². The molecule has 5 atom stereocenters. The van der Waals surface area contributed by atoms with Crippen molar-refractivity contribution in [3.8, 4) is 5.75 Å². The van der Waals surface area contributed by atoms with Crippen molar-refractivity contribution in [3.05, 3.63) is 78.0 Å². The van der Waals surface area contributed by atoms with Gasteiger partial charge in [-0.2, -0.15) is 26.3 Å². The molecule has 0 aliphatic carbocycles. The number of fused-ring (bicyclic) bond motifs is 4. The van der Waals surface area contributed by atoms with E-state index in [1.807, 2.05) is 24.3 Å². The smallest absolute Gasteiger partial charge is 0.416 e. The molecule has 3 aliphatic rings. The number of aromatic nitrogens is 1. The highest BCUT2D eigenvalue weighted by Gasteiger charge is 2.43. The van der Waals surface area contributed by atoms with Crippen LogP contribution in [-0.2, 0) is 12.4 Å². The molecule has 6 rings (SSSR count). The summed E-state index contributed by atoms with van der Waals surface area (Å²) >= 11 is 5.50. The number of pyridine rings is 1. The normalized spacial score (nSPS) is 23.2. The summed E-state index contributed by atoms with van der Waals surface area (Å²) < 4.78 is 86.0. The minimum atomic E-state index is -4.97.